The molecule has 2 fully saturated rings. The molecular formula is C18H24N4O3S2. The van der Waals surface area contributed by atoms with Gasteiger partial charge in [-0.25, -0.2) is 13.4 Å². The van der Waals surface area contributed by atoms with Gasteiger partial charge in [-0.1, -0.05) is 12.1 Å². The molecule has 4 rings (SSSR count). The van der Waals surface area contributed by atoms with Crippen LogP contribution in [-0.2, 0) is 21.2 Å². The maximum atomic E-state index is 12.2. The Kier molecular flexibility index (Phi) is 5.45. The van der Waals surface area contributed by atoms with Gasteiger partial charge < -0.3 is 5.32 Å². The smallest absolute Gasteiger partial charge is 0.234 e. The number of nitrogens with zero attached hydrogens (tertiary/aromatic N) is 3. The quantitative estimate of drug-likeness (QED) is 0.785. The standard InChI is InChI=1S/C18H24N4O3S2/c23-17(19-14-5-10-27(24,25)13-14)11-21-6-8-22(9-7-21)12-18-20-15-3-1-2-4-16(15)26-18/h1-4,14H,5-13H2,(H,19,23). The number of benzene rings is 1. The molecule has 27 heavy (non-hydrogen) atoms. The van der Waals surface area contributed by atoms with E-state index in [1.165, 1.54) is 4.70 Å². The zero-order chi connectivity index (χ0) is 18.9. The summed E-state index contributed by atoms with van der Waals surface area (Å²) in [5, 5.41) is 4.00. The number of amides is 1. The summed E-state index contributed by atoms with van der Waals surface area (Å²) in [6, 6.07) is 7.97. The summed E-state index contributed by atoms with van der Waals surface area (Å²) < 4.78 is 24.2. The Labute approximate surface area is 163 Å². The van der Waals surface area contributed by atoms with Crippen LogP contribution in [-0.4, -0.2) is 79.4 Å². The average molecular weight is 409 g/mol. The van der Waals surface area contributed by atoms with E-state index in [-0.39, 0.29) is 23.5 Å². The van der Waals surface area contributed by atoms with Crippen LogP contribution in [0.15, 0.2) is 24.3 Å². The number of fused-ring (bicyclic) bond motifs is 1. The molecule has 0 bridgehead atoms. The van der Waals surface area contributed by atoms with Crippen molar-refractivity contribution in [1.82, 2.24) is 20.1 Å². The van der Waals surface area contributed by atoms with Crippen LogP contribution in [0, 0.1) is 0 Å². The molecule has 1 unspecified atom stereocenters. The summed E-state index contributed by atoms with van der Waals surface area (Å²) in [6.45, 7) is 4.66. The maximum absolute atomic E-state index is 12.2. The van der Waals surface area contributed by atoms with E-state index in [0.29, 0.717) is 13.0 Å². The number of hydrogen-bond donors (Lipinski definition) is 1. The number of thiazole rings is 1. The Morgan fingerprint density at radius 3 is 2.63 bits per heavy atom. The van der Waals surface area contributed by atoms with Crippen LogP contribution in [0.2, 0.25) is 0 Å². The normalized spacial score (nSPS) is 23.6. The van der Waals surface area contributed by atoms with Crippen LogP contribution in [0.3, 0.4) is 0 Å². The van der Waals surface area contributed by atoms with Gasteiger partial charge in [-0.05, 0) is 18.6 Å². The highest BCUT2D eigenvalue weighted by atomic mass is 32.2. The molecule has 0 saturated carbocycles. The van der Waals surface area contributed by atoms with Crippen molar-refractivity contribution in [3.05, 3.63) is 29.3 Å². The van der Waals surface area contributed by atoms with Crippen molar-refractivity contribution in [1.29, 1.82) is 0 Å². The minimum Gasteiger partial charge on any atom is -0.351 e. The Hall–Kier alpha value is -1.55. The second-order valence-corrected chi connectivity index (χ2v) is 10.6. The topological polar surface area (TPSA) is 82.6 Å². The molecule has 7 nitrogen and oxygen atoms in total. The molecule has 9 heteroatoms. The first kappa shape index (κ1) is 18.8. The second kappa shape index (κ2) is 7.83. The highest BCUT2D eigenvalue weighted by Crippen LogP contribution is 2.23. The van der Waals surface area contributed by atoms with E-state index in [2.05, 4.69) is 21.2 Å². The Bertz CT molecular complexity index is 887. The van der Waals surface area contributed by atoms with E-state index in [0.717, 1.165) is 43.2 Å². The van der Waals surface area contributed by atoms with Crippen LogP contribution >= 0.6 is 11.3 Å². The molecule has 1 atom stereocenters. The molecule has 1 aromatic heterocycles. The lowest BCUT2D eigenvalue weighted by Gasteiger charge is -2.33. The molecule has 0 aliphatic carbocycles. The first-order valence-corrected chi connectivity index (χ1v) is 11.9. The molecule has 0 radical (unpaired) electrons. The first-order valence-electron chi connectivity index (χ1n) is 9.26. The Balaban J connectivity index is 1.22. The highest BCUT2D eigenvalue weighted by molar-refractivity contribution is 7.91. The number of piperazine rings is 1. The Morgan fingerprint density at radius 1 is 1.19 bits per heavy atom. The van der Waals surface area contributed by atoms with Crippen molar-refractivity contribution >= 4 is 37.3 Å². The molecule has 0 spiro atoms. The van der Waals surface area contributed by atoms with E-state index in [4.69, 9.17) is 4.98 Å². The zero-order valence-corrected chi connectivity index (χ0v) is 16.8. The van der Waals surface area contributed by atoms with Crippen molar-refractivity contribution in [2.75, 3.05) is 44.2 Å². The lowest BCUT2D eigenvalue weighted by molar-refractivity contribution is -0.123. The van der Waals surface area contributed by atoms with Gasteiger partial charge >= 0.3 is 0 Å². The number of sulfone groups is 1. The predicted molar refractivity (Wildman–Crippen MR) is 107 cm³/mol. The van der Waals surface area contributed by atoms with Crippen molar-refractivity contribution < 1.29 is 13.2 Å². The van der Waals surface area contributed by atoms with Crippen LogP contribution in [0.1, 0.15) is 11.4 Å². The third kappa shape index (κ3) is 4.84. The minimum atomic E-state index is -2.96. The molecule has 1 aromatic carbocycles. The van der Waals surface area contributed by atoms with Gasteiger partial charge in [-0.2, -0.15) is 0 Å². The Morgan fingerprint density at radius 2 is 1.93 bits per heavy atom. The number of para-hydroxylation sites is 1. The summed E-state index contributed by atoms with van der Waals surface area (Å²) >= 11 is 1.74. The van der Waals surface area contributed by atoms with Crippen molar-refractivity contribution in [2.24, 2.45) is 0 Å². The molecular weight excluding hydrogens is 384 g/mol. The molecule has 1 amide bonds. The molecule has 2 aliphatic heterocycles. The lowest BCUT2D eigenvalue weighted by atomic mass is 10.2. The fourth-order valence-electron chi connectivity index (χ4n) is 3.67. The van der Waals surface area contributed by atoms with Crippen molar-refractivity contribution in [3.63, 3.8) is 0 Å². The van der Waals surface area contributed by atoms with E-state index < -0.39 is 9.84 Å². The van der Waals surface area contributed by atoms with Gasteiger partial charge in [0.2, 0.25) is 5.91 Å². The summed E-state index contributed by atoms with van der Waals surface area (Å²) in [6.07, 6.45) is 0.532. The average Bonchev–Trinajstić information content (AvgIpc) is 3.18. The van der Waals surface area contributed by atoms with Crippen molar-refractivity contribution in [2.45, 2.75) is 19.0 Å². The summed E-state index contributed by atoms with van der Waals surface area (Å²) in [4.78, 5) is 21.4. The molecule has 3 heterocycles. The van der Waals surface area contributed by atoms with E-state index in [1.54, 1.807) is 11.3 Å². The summed E-state index contributed by atoms with van der Waals surface area (Å²) in [5.41, 5.74) is 1.06. The molecule has 2 saturated heterocycles. The monoisotopic (exact) mass is 408 g/mol. The van der Waals surface area contributed by atoms with E-state index >= 15 is 0 Å². The van der Waals surface area contributed by atoms with Crippen LogP contribution in [0.25, 0.3) is 10.2 Å². The van der Waals surface area contributed by atoms with Gasteiger partial charge in [-0.15, -0.1) is 11.3 Å². The van der Waals surface area contributed by atoms with Crippen LogP contribution in [0.4, 0.5) is 0 Å². The highest BCUT2D eigenvalue weighted by Gasteiger charge is 2.29. The molecule has 146 valence electrons. The van der Waals surface area contributed by atoms with Gasteiger partial charge in [-0.3, -0.25) is 14.6 Å². The van der Waals surface area contributed by atoms with E-state index in [1.807, 2.05) is 18.2 Å². The third-order valence-corrected chi connectivity index (χ3v) is 7.92. The lowest BCUT2D eigenvalue weighted by Crippen LogP contribution is -2.50. The van der Waals surface area contributed by atoms with Gasteiger partial charge in [0.05, 0.1) is 34.8 Å². The number of nitrogens with one attached hydrogen (secondary N) is 1. The minimum absolute atomic E-state index is 0.0725. The third-order valence-electron chi connectivity index (χ3n) is 5.13. The van der Waals surface area contributed by atoms with Gasteiger partial charge in [0.1, 0.15) is 5.01 Å². The molecule has 2 aromatic rings. The number of carbonyl (C=O) groups excluding carboxylic acids is 1. The summed E-state index contributed by atoms with van der Waals surface area (Å²) in [7, 11) is -2.96. The molecule has 2 aliphatic rings. The van der Waals surface area contributed by atoms with Crippen LogP contribution < -0.4 is 5.32 Å². The SMILES string of the molecule is O=C(CN1CCN(Cc2nc3ccccc3s2)CC1)NC1CCS(=O)(=O)C1. The van der Waals surface area contributed by atoms with Gasteiger partial charge in [0.25, 0.3) is 0 Å². The fourth-order valence-corrected chi connectivity index (χ4v) is 6.35. The first-order chi connectivity index (χ1) is 13.0. The van der Waals surface area contributed by atoms with Gasteiger partial charge in [0.15, 0.2) is 9.84 Å². The number of aromatic nitrogens is 1. The number of hydrogen-bond acceptors (Lipinski definition) is 7. The maximum Gasteiger partial charge on any atom is 0.234 e. The van der Waals surface area contributed by atoms with E-state index in [9.17, 15) is 13.2 Å². The molecule has 1 N–H and O–H groups in total. The van der Waals surface area contributed by atoms with Crippen molar-refractivity contribution in [3.8, 4) is 0 Å². The number of carbonyl (C=O) groups is 1. The largest absolute Gasteiger partial charge is 0.351 e. The van der Waals surface area contributed by atoms with Crippen LogP contribution in [0.5, 0.6) is 0 Å². The predicted octanol–water partition coefficient (Wildman–Crippen LogP) is 0.717. The summed E-state index contributed by atoms with van der Waals surface area (Å²) in [5.74, 6) is 0.189. The second-order valence-electron chi connectivity index (χ2n) is 7.30. The fraction of sp³-hybridized carbons (Fsp3) is 0.556. The number of rotatable bonds is 5. The van der Waals surface area contributed by atoms with Gasteiger partial charge in [0, 0.05) is 32.2 Å². The zero-order valence-electron chi connectivity index (χ0n) is 15.1.